The Morgan fingerprint density at radius 3 is 2.41 bits per heavy atom. The Balaban J connectivity index is 1.79. The van der Waals surface area contributed by atoms with Crippen molar-refractivity contribution in [3.8, 4) is 5.75 Å². The smallest absolute Gasteiger partial charge is 0.256 e. The van der Waals surface area contributed by atoms with Crippen molar-refractivity contribution in [3.05, 3.63) is 24.3 Å². The van der Waals surface area contributed by atoms with Crippen molar-refractivity contribution in [3.63, 3.8) is 0 Å². The molecule has 1 saturated heterocycles. The number of carbonyl (C=O) groups is 1. The Kier molecular flexibility index (Phi) is 10.5. The van der Waals surface area contributed by atoms with Gasteiger partial charge >= 0.3 is 0 Å². The molecule has 1 aliphatic heterocycles. The Hall–Kier alpha value is -1.59. The van der Waals surface area contributed by atoms with Crippen LogP contribution in [0.5, 0.6) is 5.75 Å². The zero-order chi connectivity index (χ0) is 21.0. The standard InChI is InChI=1S/C24H40N2O3/c1-4-6-7-15-24(3,29-19-5-2)23(27)25-21-11-13-22(14-12-21)28-20-10-18-26-16-8-9-17-26/h11-14H,4-10,15-20H2,1-3H3,(H,25,27)/t24-/m0/s1. The summed E-state index contributed by atoms with van der Waals surface area (Å²) in [4.78, 5) is 15.4. The van der Waals surface area contributed by atoms with Crippen LogP contribution in [-0.4, -0.2) is 49.3 Å². The van der Waals surface area contributed by atoms with Crippen LogP contribution in [0.4, 0.5) is 5.69 Å². The van der Waals surface area contributed by atoms with Gasteiger partial charge in [-0.2, -0.15) is 0 Å². The molecule has 1 N–H and O–H groups in total. The number of rotatable bonds is 14. The third kappa shape index (κ3) is 8.35. The van der Waals surface area contributed by atoms with Gasteiger partial charge in [-0.15, -0.1) is 0 Å². The van der Waals surface area contributed by atoms with Crippen LogP contribution in [0, 0.1) is 0 Å². The number of hydrogen-bond donors (Lipinski definition) is 1. The van der Waals surface area contributed by atoms with Gasteiger partial charge in [0.05, 0.1) is 6.61 Å². The maximum atomic E-state index is 12.9. The van der Waals surface area contributed by atoms with Crippen molar-refractivity contribution in [2.45, 2.75) is 77.7 Å². The van der Waals surface area contributed by atoms with Crippen LogP contribution >= 0.6 is 0 Å². The normalized spacial score (nSPS) is 16.5. The van der Waals surface area contributed by atoms with Crippen molar-refractivity contribution in [2.24, 2.45) is 0 Å². The van der Waals surface area contributed by atoms with Gasteiger partial charge in [0.2, 0.25) is 0 Å². The highest BCUT2D eigenvalue weighted by molar-refractivity contribution is 5.97. The molecular formula is C24H40N2O3. The topological polar surface area (TPSA) is 50.8 Å². The van der Waals surface area contributed by atoms with Gasteiger partial charge in [0.25, 0.3) is 5.91 Å². The SMILES string of the molecule is CCCCC[C@](C)(OCCC)C(=O)Nc1ccc(OCCCN2CCCC2)cc1. The third-order valence-electron chi connectivity index (χ3n) is 5.56. The fourth-order valence-corrected chi connectivity index (χ4v) is 3.67. The van der Waals surface area contributed by atoms with Crippen LogP contribution in [-0.2, 0) is 9.53 Å². The molecule has 0 radical (unpaired) electrons. The second-order valence-electron chi connectivity index (χ2n) is 8.27. The molecule has 164 valence electrons. The van der Waals surface area contributed by atoms with E-state index in [1.165, 1.54) is 25.9 Å². The fraction of sp³-hybridized carbons (Fsp3) is 0.708. The second kappa shape index (κ2) is 12.9. The molecule has 5 nitrogen and oxygen atoms in total. The van der Waals surface area contributed by atoms with Crippen molar-refractivity contribution in [1.82, 2.24) is 4.90 Å². The van der Waals surface area contributed by atoms with E-state index in [2.05, 4.69) is 24.1 Å². The van der Waals surface area contributed by atoms with E-state index in [4.69, 9.17) is 9.47 Å². The predicted molar refractivity (Wildman–Crippen MR) is 120 cm³/mol. The van der Waals surface area contributed by atoms with Crippen LogP contribution < -0.4 is 10.1 Å². The van der Waals surface area contributed by atoms with Gasteiger partial charge in [0.1, 0.15) is 11.4 Å². The van der Waals surface area contributed by atoms with Crippen LogP contribution in [0.1, 0.15) is 72.1 Å². The molecule has 1 aromatic carbocycles. The Bertz CT molecular complexity index is 584. The van der Waals surface area contributed by atoms with Crippen LogP contribution in [0.2, 0.25) is 0 Å². The van der Waals surface area contributed by atoms with Crippen LogP contribution in [0.3, 0.4) is 0 Å². The van der Waals surface area contributed by atoms with Gasteiger partial charge in [-0.1, -0.05) is 33.1 Å². The Labute approximate surface area is 177 Å². The number of likely N-dealkylation sites (tertiary alicyclic amines) is 1. The maximum Gasteiger partial charge on any atom is 0.256 e. The highest BCUT2D eigenvalue weighted by Gasteiger charge is 2.33. The lowest BCUT2D eigenvalue weighted by Gasteiger charge is -2.28. The van der Waals surface area contributed by atoms with E-state index in [9.17, 15) is 4.79 Å². The molecule has 0 spiro atoms. The molecule has 0 saturated carbocycles. The van der Waals surface area contributed by atoms with Gasteiger partial charge in [-0.25, -0.2) is 0 Å². The molecule has 1 aromatic rings. The summed E-state index contributed by atoms with van der Waals surface area (Å²) in [6.45, 7) is 11.0. The summed E-state index contributed by atoms with van der Waals surface area (Å²) in [5, 5.41) is 3.02. The lowest BCUT2D eigenvalue weighted by atomic mass is 9.96. The van der Waals surface area contributed by atoms with Crippen molar-refractivity contribution in [1.29, 1.82) is 0 Å². The highest BCUT2D eigenvalue weighted by atomic mass is 16.5. The average Bonchev–Trinajstić information content (AvgIpc) is 3.24. The molecular weight excluding hydrogens is 364 g/mol. The number of anilines is 1. The van der Waals surface area contributed by atoms with E-state index in [0.717, 1.165) is 63.1 Å². The molecule has 0 bridgehead atoms. The maximum absolute atomic E-state index is 12.9. The molecule has 0 unspecified atom stereocenters. The van der Waals surface area contributed by atoms with Gasteiger partial charge in [0, 0.05) is 18.8 Å². The number of hydrogen-bond acceptors (Lipinski definition) is 4. The largest absolute Gasteiger partial charge is 0.494 e. The van der Waals surface area contributed by atoms with E-state index >= 15 is 0 Å². The minimum atomic E-state index is -0.782. The number of unbranched alkanes of at least 4 members (excludes halogenated alkanes) is 2. The Morgan fingerprint density at radius 1 is 1.03 bits per heavy atom. The van der Waals surface area contributed by atoms with E-state index in [0.29, 0.717) is 6.61 Å². The molecule has 1 heterocycles. The first-order chi connectivity index (χ1) is 14.1. The average molecular weight is 405 g/mol. The van der Waals surface area contributed by atoms with E-state index in [1.54, 1.807) is 0 Å². The number of carbonyl (C=O) groups excluding carboxylic acids is 1. The van der Waals surface area contributed by atoms with E-state index in [-0.39, 0.29) is 5.91 Å². The molecule has 0 aromatic heterocycles. The zero-order valence-corrected chi connectivity index (χ0v) is 18.7. The molecule has 1 amide bonds. The summed E-state index contributed by atoms with van der Waals surface area (Å²) in [6.07, 6.45) is 8.58. The van der Waals surface area contributed by atoms with Gasteiger partial charge in [-0.05, 0) is 76.4 Å². The predicted octanol–water partition coefficient (Wildman–Crippen LogP) is 5.26. The number of nitrogens with one attached hydrogen (secondary N) is 1. The molecule has 0 aliphatic carbocycles. The highest BCUT2D eigenvalue weighted by Crippen LogP contribution is 2.24. The van der Waals surface area contributed by atoms with Crippen molar-refractivity contribution >= 4 is 11.6 Å². The van der Waals surface area contributed by atoms with E-state index in [1.807, 2.05) is 31.2 Å². The monoisotopic (exact) mass is 404 g/mol. The molecule has 5 heteroatoms. The van der Waals surface area contributed by atoms with Gasteiger partial charge in [-0.3, -0.25) is 4.79 Å². The first-order valence-corrected chi connectivity index (χ1v) is 11.5. The first kappa shape index (κ1) is 23.7. The first-order valence-electron chi connectivity index (χ1n) is 11.5. The van der Waals surface area contributed by atoms with Crippen LogP contribution in [0.25, 0.3) is 0 Å². The molecule has 1 aliphatic rings. The molecule has 2 rings (SSSR count). The van der Waals surface area contributed by atoms with Gasteiger partial charge < -0.3 is 19.7 Å². The lowest BCUT2D eigenvalue weighted by Crippen LogP contribution is -2.43. The number of ether oxygens (including phenoxy) is 2. The Morgan fingerprint density at radius 2 is 1.76 bits per heavy atom. The number of benzene rings is 1. The number of nitrogens with zero attached hydrogens (tertiary/aromatic N) is 1. The van der Waals surface area contributed by atoms with Crippen molar-refractivity contribution in [2.75, 3.05) is 38.2 Å². The summed E-state index contributed by atoms with van der Waals surface area (Å²) in [5.41, 5.74) is -0.00290. The van der Waals surface area contributed by atoms with Crippen molar-refractivity contribution < 1.29 is 14.3 Å². The fourth-order valence-electron chi connectivity index (χ4n) is 3.67. The molecule has 29 heavy (non-hydrogen) atoms. The second-order valence-corrected chi connectivity index (χ2v) is 8.27. The summed E-state index contributed by atoms with van der Waals surface area (Å²) in [5.74, 6) is 0.777. The minimum Gasteiger partial charge on any atom is -0.494 e. The summed E-state index contributed by atoms with van der Waals surface area (Å²) in [7, 11) is 0. The molecule has 1 fully saturated rings. The number of amides is 1. The summed E-state index contributed by atoms with van der Waals surface area (Å²) >= 11 is 0. The summed E-state index contributed by atoms with van der Waals surface area (Å²) < 4.78 is 11.8. The van der Waals surface area contributed by atoms with Crippen LogP contribution in [0.15, 0.2) is 24.3 Å². The molecule has 1 atom stereocenters. The third-order valence-corrected chi connectivity index (χ3v) is 5.56. The van der Waals surface area contributed by atoms with E-state index < -0.39 is 5.60 Å². The van der Waals surface area contributed by atoms with Gasteiger partial charge in [0.15, 0.2) is 0 Å². The lowest BCUT2D eigenvalue weighted by molar-refractivity contribution is -0.140. The minimum absolute atomic E-state index is 0.0682. The summed E-state index contributed by atoms with van der Waals surface area (Å²) in [6, 6.07) is 7.65. The zero-order valence-electron chi connectivity index (χ0n) is 18.7. The quantitative estimate of drug-likeness (QED) is 0.430.